The average Bonchev–Trinajstić information content (AvgIpc) is 2.69. The maximum absolute atomic E-state index is 6.19. The van der Waals surface area contributed by atoms with Gasteiger partial charge in [-0.1, -0.05) is 26.7 Å². The van der Waals surface area contributed by atoms with E-state index in [0.717, 1.165) is 36.7 Å². The number of ether oxygens (including phenoxy) is 1. The fourth-order valence-electron chi connectivity index (χ4n) is 2.63. The fraction of sp³-hybridized carbons (Fsp3) is 0.750. The predicted molar refractivity (Wildman–Crippen MR) is 81.0 cm³/mol. The second-order valence-electron chi connectivity index (χ2n) is 5.96. The molecular formula is C16H27N3O. The van der Waals surface area contributed by atoms with E-state index in [2.05, 4.69) is 29.1 Å². The molecule has 1 N–H and O–H groups in total. The number of aromatic nitrogens is 2. The Kier molecular flexibility index (Phi) is 5.77. The van der Waals surface area contributed by atoms with Crippen LogP contribution in [-0.4, -0.2) is 23.1 Å². The van der Waals surface area contributed by atoms with Crippen molar-refractivity contribution in [1.82, 2.24) is 15.3 Å². The van der Waals surface area contributed by atoms with Gasteiger partial charge in [-0.15, -0.1) is 0 Å². The number of hydrogen-bond donors (Lipinski definition) is 1. The number of nitrogens with zero attached hydrogens (tertiary/aromatic N) is 2. The minimum Gasteiger partial charge on any atom is -0.487 e. The van der Waals surface area contributed by atoms with Crippen molar-refractivity contribution in [2.45, 2.75) is 70.9 Å². The van der Waals surface area contributed by atoms with Crippen molar-refractivity contribution in [1.29, 1.82) is 0 Å². The van der Waals surface area contributed by atoms with Gasteiger partial charge in [0.25, 0.3) is 0 Å². The number of hydrogen-bond acceptors (Lipinski definition) is 4. The van der Waals surface area contributed by atoms with Gasteiger partial charge in [-0.3, -0.25) is 0 Å². The molecule has 1 heterocycles. The molecular weight excluding hydrogens is 250 g/mol. The molecule has 0 aliphatic heterocycles. The van der Waals surface area contributed by atoms with Crippen LogP contribution in [0.1, 0.15) is 69.8 Å². The lowest BCUT2D eigenvalue weighted by Gasteiger charge is -2.19. The Hall–Kier alpha value is -1.16. The Morgan fingerprint density at radius 3 is 2.55 bits per heavy atom. The summed E-state index contributed by atoms with van der Waals surface area (Å²) in [5.41, 5.74) is 0.982. The van der Waals surface area contributed by atoms with Gasteiger partial charge in [-0.05, 0) is 32.7 Å². The third-order valence-corrected chi connectivity index (χ3v) is 3.80. The highest BCUT2D eigenvalue weighted by molar-refractivity contribution is 5.25. The summed E-state index contributed by atoms with van der Waals surface area (Å²) in [7, 11) is 1.94. The molecule has 0 bridgehead atoms. The minimum absolute atomic E-state index is 0.335. The zero-order valence-corrected chi connectivity index (χ0v) is 13.0. The molecule has 0 unspecified atom stereocenters. The summed E-state index contributed by atoms with van der Waals surface area (Å²) in [6.45, 7) is 4.96. The van der Waals surface area contributed by atoms with E-state index in [-0.39, 0.29) is 0 Å². The van der Waals surface area contributed by atoms with Crippen molar-refractivity contribution in [2.75, 3.05) is 7.05 Å². The van der Waals surface area contributed by atoms with Crippen molar-refractivity contribution in [2.24, 2.45) is 0 Å². The largest absolute Gasteiger partial charge is 0.487 e. The molecule has 0 saturated heterocycles. The van der Waals surface area contributed by atoms with Gasteiger partial charge in [0.1, 0.15) is 5.82 Å². The van der Waals surface area contributed by atoms with E-state index in [1.54, 1.807) is 0 Å². The van der Waals surface area contributed by atoms with Crippen LogP contribution in [0.3, 0.4) is 0 Å². The molecule has 1 aliphatic rings. The highest BCUT2D eigenvalue weighted by Gasteiger charge is 2.17. The third-order valence-electron chi connectivity index (χ3n) is 3.80. The van der Waals surface area contributed by atoms with Crippen LogP contribution in [0.15, 0.2) is 6.20 Å². The molecule has 2 rings (SSSR count). The minimum atomic E-state index is 0.335. The number of rotatable bonds is 5. The highest BCUT2D eigenvalue weighted by atomic mass is 16.5. The summed E-state index contributed by atoms with van der Waals surface area (Å²) in [6, 6.07) is 0. The van der Waals surface area contributed by atoms with Crippen LogP contribution in [-0.2, 0) is 6.54 Å². The van der Waals surface area contributed by atoms with E-state index >= 15 is 0 Å². The summed E-state index contributed by atoms with van der Waals surface area (Å²) in [5, 5.41) is 3.17. The van der Waals surface area contributed by atoms with Crippen molar-refractivity contribution in [3.63, 3.8) is 0 Å². The van der Waals surface area contributed by atoms with Crippen LogP contribution in [0.4, 0.5) is 0 Å². The van der Waals surface area contributed by atoms with E-state index in [1.807, 2.05) is 13.2 Å². The van der Waals surface area contributed by atoms with Crippen LogP contribution in [0, 0.1) is 0 Å². The molecule has 1 aromatic heterocycles. The first-order chi connectivity index (χ1) is 9.70. The van der Waals surface area contributed by atoms with Gasteiger partial charge >= 0.3 is 0 Å². The van der Waals surface area contributed by atoms with Crippen molar-refractivity contribution >= 4 is 0 Å². The second kappa shape index (κ2) is 7.58. The molecule has 0 radical (unpaired) electrons. The SMILES string of the molecule is CNCc1nc(C(C)C)ncc1OC1CCCCCC1. The van der Waals surface area contributed by atoms with Gasteiger partial charge in [-0.25, -0.2) is 9.97 Å². The zero-order chi connectivity index (χ0) is 14.4. The van der Waals surface area contributed by atoms with Gasteiger partial charge in [0, 0.05) is 12.5 Å². The second-order valence-corrected chi connectivity index (χ2v) is 5.96. The Balaban J connectivity index is 2.12. The molecule has 1 aliphatic carbocycles. The summed E-state index contributed by atoms with van der Waals surface area (Å²) in [6.07, 6.45) is 9.74. The lowest BCUT2D eigenvalue weighted by molar-refractivity contribution is 0.180. The first-order valence-corrected chi connectivity index (χ1v) is 7.87. The molecule has 0 amide bonds. The molecule has 4 heteroatoms. The van der Waals surface area contributed by atoms with Crippen LogP contribution in [0.2, 0.25) is 0 Å². The predicted octanol–water partition coefficient (Wildman–Crippen LogP) is 3.42. The lowest BCUT2D eigenvalue weighted by atomic mass is 10.1. The molecule has 1 aromatic rings. The standard InChI is InChI=1S/C16H27N3O/c1-12(2)16-18-11-15(14(19-16)10-17-3)20-13-8-6-4-5-7-9-13/h11-13,17H,4-10H2,1-3H3. The maximum Gasteiger partial charge on any atom is 0.160 e. The first kappa shape index (κ1) is 15.2. The Labute approximate surface area is 122 Å². The van der Waals surface area contributed by atoms with E-state index in [1.165, 1.54) is 25.7 Å². The van der Waals surface area contributed by atoms with Gasteiger partial charge in [0.05, 0.1) is 18.0 Å². The molecule has 112 valence electrons. The smallest absolute Gasteiger partial charge is 0.160 e. The topological polar surface area (TPSA) is 47.0 Å². The molecule has 1 fully saturated rings. The van der Waals surface area contributed by atoms with E-state index < -0.39 is 0 Å². The maximum atomic E-state index is 6.19. The van der Waals surface area contributed by atoms with Crippen molar-refractivity contribution < 1.29 is 4.74 Å². The van der Waals surface area contributed by atoms with Gasteiger partial charge in [0.15, 0.2) is 5.75 Å². The number of nitrogens with one attached hydrogen (secondary N) is 1. The van der Waals surface area contributed by atoms with Crippen LogP contribution >= 0.6 is 0 Å². The lowest BCUT2D eigenvalue weighted by Crippen LogP contribution is -2.19. The molecule has 0 aromatic carbocycles. The molecule has 20 heavy (non-hydrogen) atoms. The Bertz CT molecular complexity index is 412. The average molecular weight is 277 g/mol. The molecule has 4 nitrogen and oxygen atoms in total. The van der Waals surface area contributed by atoms with Crippen molar-refractivity contribution in [3.05, 3.63) is 17.7 Å². The van der Waals surface area contributed by atoms with Gasteiger partial charge in [-0.2, -0.15) is 0 Å². The van der Waals surface area contributed by atoms with E-state index in [0.29, 0.717) is 12.0 Å². The highest BCUT2D eigenvalue weighted by Crippen LogP contribution is 2.25. The molecule has 0 spiro atoms. The van der Waals surface area contributed by atoms with Crippen molar-refractivity contribution in [3.8, 4) is 5.75 Å². The normalized spacial score (nSPS) is 17.2. The quantitative estimate of drug-likeness (QED) is 0.838. The fourth-order valence-corrected chi connectivity index (χ4v) is 2.63. The summed E-state index contributed by atoms with van der Waals surface area (Å²) >= 11 is 0. The monoisotopic (exact) mass is 277 g/mol. The summed E-state index contributed by atoms with van der Waals surface area (Å²) in [5.74, 6) is 2.09. The van der Waals surface area contributed by atoms with E-state index in [4.69, 9.17) is 4.74 Å². The third kappa shape index (κ3) is 4.17. The van der Waals surface area contributed by atoms with Gasteiger partial charge in [0.2, 0.25) is 0 Å². The summed E-state index contributed by atoms with van der Waals surface area (Å²) < 4.78 is 6.19. The summed E-state index contributed by atoms with van der Waals surface area (Å²) in [4.78, 5) is 9.10. The van der Waals surface area contributed by atoms with Crippen LogP contribution in [0.25, 0.3) is 0 Å². The zero-order valence-electron chi connectivity index (χ0n) is 13.0. The van der Waals surface area contributed by atoms with Crippen LogP contribution < -0.4 is 10.1 Å². The first-order valence-electron chi connectivity index (χ1n) is 7.87. The van der Waals surface area contributed by atoms with Crippen LogP contribution in [0.5, 0.6) is 5.75 Å². The van der Waals surface area contributed by atoms with E-state index in [9.17, 15) is 0 Å². The molecule has 0 atom stereocenters. The molecule has 1 saturated carbocycles. The Morgan fingerprint density at radius 1 is 1.25 bits per heavy atom. The Morgan fingerprint density at radius 2 is 1.95 bits per heavy atom. The van der Waals surface area contributed by atoms with Gasteiger partial charge < -0.3 is 10.1 Å².